The Balaban J connectivity index is 2.93. The van der Waals surface area contributed by atoms with Gasteiger partial charge in [-0.25, -0.2) is 4.98 Å². The largest absolute Gasteiger partial charge is 0.273 e. The molecule has 0 radical (unpaired) electrons. The molecular formula is C6H9N3O. The monoisotopic (exact) mass is 139 g/mol. The van der Waals surface area contributed by atoms with E-state index >= 15 is 0 Å². The first-order chi connectivity index (χ1) is 4.75. The van der Waals surface area contributed by atoms with Crippen LogP contribution in [0, 0.1) is 6.92 Å². The summed E-state index contributed by atoms with van der Waals surface area (Å²) in [6.07, 6.45) is 1.84. The third-order valence-electron chi connectivity index (χ3n) is 1.26. The minimum Gasteiger partial charge on any atom is -0.273 e. The lowest BCUT2D eigenvalue weighted by molar-refractivity contribution is 0.0890. The van der Waals surface area contributed by atoms with Crippen molar-refractivity contribution in [2.75, 3.05) is 0 Å². The van der Waals surface area contributed by atoms with Gasteiger partial charge in [0, 0.05) is 6.42 Å². The van der Waals surface area contributed by atoms with Crippen LogP contribution < -0.4 is 0 Å². The van der Waals surface area contributed by atoms with Crippen molar-refractivity contribution >= 4 is 5.91 Å². The zero-order valence-corrected chi connectivity index (χ0v) is 6.03. The SMILES string of the molecule is CCC(=O)n1ncnc1C. The second-order valence-corrected chi connectivity index (χ2v) is 1.97. The Morgan fingerprint density at radius 1 is 1.80 bits per heavy atom. The van der Waals surface area contributed by atoms with E-state index in [1.807, 2.05) is 0 Å². The number of aromatic nitrogens is 3. The zero-order chi connectivity index (χ0) is 7.56. The van der Waals surface area contributed by atoms with Crippen LogP contribution in [0.2, 0.25) is 0 Å². The molecule has 0 N–H and O–H groups in total. The van der Waals surface area contributed by atoms with Crippen molar-refractivity contribution in [2.45, 2.75) is 20.3 Å². The van der Waals surface area contributed by atoms with Gasteiger partial charge in [0.15, 0.2) is 0 Å². The van der Waals surface area contributed by atoms with E-state index in [0.29, 0.717) is 12.2 Å². The van der Waals surface area contributed by atoms with Gasteiger partial charge in [-0.3, -0.25) is 4.79 Å². The number of rotatable bonds is 1. The highest BCUT2D eigenvalue weighted by Crippen LogP contribution is 1.92. The van der Waals surface area contributed by atoms with Crippen LogP contribution in [-0.4, -0.2) is 20.7 Å². The fourth-order valence-corrected chi connectivity index (χ4v) is 0.694. The topological polar surface area (TPSA) is 47.8 Å². The maximum atomic E-state index is 11.0. The predicted molar refractivity (Wildman–Crippen MR) is 35.7 cm³/mol. The van der Waals surface area contributed by atoms with Crippen molar-refractivity contribution in [3.8, 4) is 0 Å². The van der Waals surface area contributed by atoms with E-state index in [9.17, 15) is 4.79 Å². The molecule has 0 spiro atoms. The standard InChI is InChI=1S/C6H9N3O/c1-3-6(10)9-5(2)7-4-8-9/h4H,3H2,1-2H3. The summed E-state index contributed by atoms with van der Waals surface area (Å²) in [5, 5.41) is 3.74. The van der Waals surface area contributed by atoms with Crippen LogP contribution in [0.3, 0.4) is 0 Å². The second kappa shape index (κ2) is 2.60. The maximum Gasteiger partial charge on any atom is 0.248 e. The Morgan fingerprint density at radius 3 is 2.90 bits per heavy atom. The third kappa shape index (κ3) is 1.05. The van der Waals surface area contributed by atoms with E-state index < -0.39 is 0 Å². The summed E-state index contributed by atoms with van der Waals surface area (Å²) in [4.78, 5) is 14.8. The molecule has 0 unspecified atom stereocenters. The van der Waals surface area contributed by atoms with Gasteiger partial charge in [-0.2, -0.15) is 9.78 Å². The van der Waals surface area contributed by atoms with Gasteiger partial charge < -0.3 is 0 Å². The summed E-state index contributed by atoms with van der Waals surface area (Å²) in [6, 6.07) is 0. The molecule has 0 aliphatic rings. The van der Waals surface area contributed by atoms with Crippen molar-refractivity contribution in [3.63, 3.8) is 0 Å². The van der Waals surface area contributed by atoms with Crippen LogP contribution in [-0.2, 0) is 0 Å². The molecule has 0 aromatic carbocycles. The van der Waals surface area contributed by atoms with E-state index in [4.69, 9.17) is 0 Å². The molecule has 0 aliphatic heterocycles. The fraction of sp³-hybridized carbons (Fsp3) is 0.500. The Morgan fingerprint density at radius 2 is 2.50 bits per heavy atom. The number of hydrogen-bond donors (Lipinski definition) is 0. The molecule has 0 amide bonds. The van der Waals surface area contributed by atoms with Crippen LogP contribution in [0.5, 0.6) is 0 Å². The molecule has 1 heterocycles. The van der Waals surface area contributed by atoms with Gasteiger partial charge in [-0.15, -0.1) is 0 Å². The first-order valence-corrected chi connectivity index (χ1v) is 3.15. The van der Waals surface area contributed by atoms with Crippen molar-refractivity contribution < 1.29 is 4.79 Å². The van der Waals surface area contributed by atoms with Crippen LogP contribution in [0.25, 0.3) is 0 Å². The molecule has 0 saturated heterocycles. The van der Waals surface area contributed by atoms with E-state index in [-0.39, 0.29) is 5.91 Å². The van der Waals surface area contributed by atoms with Gasteiger partial charge in [0.1, 0.15) is 12.2 Å². The van der Waals surface area contributed by atoms with Gasteiger partial charge >= 0.3 is 0 Å². The molecule has 0 atom stereocenters. The lowest BCUT2D eigenvalue weighted by atomic mass is 10.4. The Kier molecular flexibility index (Phi) is 1.80. The molecule has 0 bridgehead atoms. The first kappa shape index (κ1) is 6.92. The summed E-state index contributed by atoms with van der Waals surface area (Å²) in [5.41, 5.74) is 0. The number of hydrogen-bond acceptors (Lipinski definition) is 3. The van der Waals surface area contributed by atoms with E-state index in [1.54, 1.807) is 13.8 Å². The summed E-state index contributed by atoms with van der Waals surface area (Å²) in [7, 11) is 0. The van der Waals surface area contributed by atoms with Crippen LogP contribution >= 0.6 is 0 Å². The molecule has 1 rings (SSSR count). The number of carbonyl (C=O) groups is 1. The molecule has 54 valence electrons. The van der Waals surface area contributed by atoms with Crippen molar-refractivity contribution in [2.24, 2.45) is 0 Å². The van der Waals surface area contributed by atoms with Crippen LogP contribution in [0.4, 0.5) is 0 Å². The molecule has 1 aromatic heterocycles. The van der Waals surface area contributed by atoms with E-state index in [2.05, 4.69) is 10.1 Å². The average molecular weight is 139 g/mol. The summed E-state index contributed by atoms with van der Waals surface area (Å²) in [5.74, 6) is 0.627. The fourth-order valence-electron chi connectivity index (χ4n) is 0.694. The van der Waals surface area contributed by atoms with E-state index in [0.717, 1.165) is 0 Å². The Bertz CT molecular complexity index is 241. The first-order valence-electron chi connectivity index (χ1n) is 3.15. The van der Waals surface area contributed by atoms with E-state index in [1.165, 1.54) is 11.0 Å². The van der Waals surface area contributed by atoms with Crippen molar-refractivity contribution in [1.82, 2.24) is 14.8 Å². The normalized spacial score (nSPS) is 9.80. The number of carbonyl (C=O) groups excluding carboxylic acids is 1. The minimum atomic E-state index is -0.0185. The lowest BCUT2D eigenvalue weighted by Gasteiger charge is -1.95. The quantitative estimate of drug-likeness (QED) is 0.573. The molecular weight excluding hydrogens is 130 g/mol. The van der Waals surface area contributed by atoms with Crippen LogP contribution in [0.1, 0.15) is 24.0 Å². The van der Waals surface area contributed by atoms with Gasteiger partial charge in [-0.05, 0) is 6.92 Å². The molecule has 4 heteroatoms. The average Bonchev–Trinajstić information content (AvgIpc) is 2.34. The third-order valence-corrected chi connectivity index (χ3v) is 1.26. The second-order valence-electron chi connectivity index (χ2n) is 1.97. The minimum absolute atomic E-state index is 0.0185. The highest BCUT2D eigenvalue weighted by atomic mass is 16.2. The highest BCUT2D eigenvalue weighted by Gasteiger charge is 2.04. The smallest absolute Gasteiger partial charge is 0.248 e. The van der Waals surface area contributed by atoms with Gasteiger partial charge in [0.2, 0.25) is 5.91 Å². The number of aryl methyl sites for hydroxylation is 1. The van der Waals surface area contributed by atoms with Crippen molar-refractivity contribution in [1.29, 1.82) is 0 Å². The summed E-state index contributed by atoms with van der Waals surface area (Å²) in [6.45, 7) is 3.55. The molecule has 0 fully saturated rings. The van der Waals surface area contributed by atoms with Crippen LogP contribution in [0.15, 0.2) is 6.33 Å². The van der Waals surface area contributed by atoms with Gasteiger partial charge in [0.05, 0.1) is 0 Å². The molecule has 1 aromatic rings. The molecule has 10 heavy (non-hydrogen) atoms. The predicted octanol–water partition coefficient (Wildman–Crippen LogP) is 0.637. The highest BCUT2D eigenvalue weighted by molar-refractivity contribution is 5.77. The van der Waals surface area contributed by atoms with Gasteiger partial charge in [-0.1, -0.05) is 6.92 Å². The summed E-state index contributed by atoms with van der Waals surface area (Å²) < 4.78 is 1.31. The lowest BCUT2D eigenvalue weighted by Crippen LogP contribution is -2.12. The molecule has 0 aliphatic carbocycles. The number of nitrogens with zero attached hydrogens (tertiary/aromatic N) is 3. The van der Waals surface area contributed by atoms with Gasteiger partial charge in [0.25, 0.3) is 0 Å². The summed E-state index contributed by atoms with van der Waals surface area (Å²) >= 11 is 0. The molecule has 4 nitrogen and oxygen atoms in total. The zero-order valence-electron chi connectivity index (χ0n) is 6.03. The Hall–Kier alpha value is -1.19. The Labute approximate surface area is 58.9 Å². The van der Waals surface area contributed by atoms with Crippen molar-refractivity contribution in [3.05, 3.63) is 12.2 Å². The molecule has 0 saturated carbocycles. The maximum absolute atomic E-state index is 11.0.